The Morgan fingerprint density at radius 1 is 0.976 bits per heavy atom. The van der Waals surface area contributed by atoms with Crippen LogP contribution in [-0.2, 0) is 22.4 Å². The molecular formula is C32H32ClN3O5. The average Bonchev–Trinajstić information content (AvgIpc) is 3.43. The number of amides is 3. The van der Waals surface area contributed by atoms with Gasteiger partial charge in [0, 0.05) is 18.4 Å². The van der Waals surface area contributed by atoms with Crippen LogP contribution in [0.5, 0.6) is 5.75 Å². The standard InChI is InChI=1S/C32H32ClN3O5/c1-36-27-13-12-23(17-30(37)34-21-10-9-19-5-4-6-20(19)15-21)41-29(27)18-40-28-14-11-22(16-25(28)32(36)39)35-31(38)24-7-2-3-8-26(24)33/h2-3,7-11,14-16,23,27,29H,4-6,12-13,17-18H2,1H3,(H,34,37)(H,35,38)/t23-,27+,29-/m1/s1. The van der Waals surface area contributed by atoms with Crippen LogP contribution in [-0.4, -0.2) is 54.5 Å². The van der Waals surface area contributed by atoms with Gasteiger partial charge in [-0.15, -0.1) is 0 Å². The highest BCUT2D eigenvalue weighted by Crippen LogP contribution is 2.33. The monoisotopic (exact) mass is 573 g/mol. The summed E-state index contributed by atoms with van der Waals surface area (Å²) in [6.07, 6.45) is 4.26. The molecule has 212 valence electrons. The Morgan fingerprint density at radius 3 is 2.61 bits per heavy atom. The fourth-order valence-electron chi connectivity index (χ4n) is 6.02. The Hall–Kier alpha value is -3.88. The lowest BCUT2D eigenvalue weighted by molar-refractivity contribution is -0.130. The molecule has 0 saturated carbocycles. The van der Waals surface area contributed by atoms with Crippen LogP contribution in [0.1, 0.15) is 57.5 Å². The fourth-order valence-corrected chi connectivity index (χ4v) is 6.24. The van der Waals surface area contributed by atoms with Gasteiger partial charge in [0.15, 0.2) is 0 Å². The first-order valence-corrected chi connectivity index (χ1v) is 14.4. The Balaban J connectivity index is 1.10. The van der Waals surface area contributed by atoms with Crippen molar-refractivity contribution in [1.29, 1.82) is 0 Å². The zero-order valence-corrected chi connectivity index (χ0v) is 23.6. The number of fused-ring (bicyclic) bond motifs is 3. The van der Waals surface area contributed by atoms with Crippen LogP contribution < -0.4 is 15.4 Å². The van der Waals surface area contributed by atoms with Crippen molar-refractivity contribution in [3.05, 3.63) is 87.9 Å². The molecule has 0 radical (unpaired) electrons. The van der Waals surface area contributed by atoms with E-state index in [-0.39, 0.29) is 49.0 Å². The van der Waals surface area contributed by atoms with Crippen molar-refractivity contribution in [2.45, 2.75) is 56.8 Å². The van der Waals surface area contributed by atoms with Gasteiger partial charge >= 0.3 is 0 Å². The minimum Gasteiger partial charge on any atom is -0.490 e. The molecule has 3 aliphatic rings. The van der Waals surface area contributed by atoms with Crippen molar-refractivity contribution in [2.75, 3.05) is 24.3 Å². The Kier molecular flexibility index (Phi) is 7.69. The van der Waals surface area contributed by atoms with Crippen LogP contribution in [0, 0.1) is 0 Å². The SMILES string of the molecule is CN1C(=O)c2cc(NC(=O)c3ccccc3Cl)ccc2OC[C@H]2O[C@@H](CC(=O)Nc3ccc4c(c3)CCC4)CC[C@@H]21. The van der Waals surface area contributed by atoms with Crippen LogP contribution in [0.2, 0.25) is 5.02 Å². The van der Waals surface area contributed by atoms with Gasteiger partial charge in [0.2, 0.25) is 5.91 Å². The number of carbonyl (C=O) groups is 3. The number of anilines is 2. The Labute approximate surface area is 244 Å². The molecule has 3 aromatic carbocycles. The topological polar surface area (TPSA) is 97.0 Å². The molecule has 2 N–H and O–H groups in total. The van der Waals surface area contributed by atoms with E-state index in [0.717, 1.165) is 24.9 Å². The first kappa shape index (κ1) is 27.3. The summed E-state index contributed by atoms with van der Waals surface area (Å²) in [5.74, 6) is -0.259. The van der Waals surface area contributed by atoms with Gasteiger partial charge in [0.05, 0.1) is 34.7 Å². The molecule has 1 fully saturated rings. The molecule has 6 rings (SSSR count). The van der Waals surface area contributed by atoms with Crippen LogP contribution >= 0.6 is 11.6 Å². The van der Waals surface area contributed by atoms with Gasteiger partial charge in [-0.05, 0) is 85.7 Å². The van der Waals surface area contributed by atoms with Gasteiger partial charge in [-0.1, -0.05) is 29.8 Å². The number of benzene rings is 3. The summed E-state index contributed by atoms with van der Waals surface area (Å²) in [6, 6.07) is 17.7. The van der Waals surface area contributed by atoms with Crippen molar-refractivity contribution in [3.63, 3.8) is 0 Å². The number of ether oxygens (including phenoxy) is 2. The van der Waals surface area contributed by atoms with E-state index in [9.17, 15) is 14.4 Å². The van der Waals surface area contributed by atoms with E-state index in [0.29, 0.717) is 40.4 Å². The van der Waals surface area contributed by atoms with Crippen LogP contribution in [0.4, 0.5) is 11.4 Å². The molecule has 2 aliphatic heterocycles. The third kappa shape index (κ3) is 5.80. The summed E-state index contributed by atoms with van der Waals surface area (Å²) in [5, 5.41) is 6.19. The zero-order valence-electron chi connectivity index (χ0n) is 22.8. The van der Waals surface area contributed by atoms with Crippen molar-refractivity contribution < 1.29 is 23.9 Å². The number of hydrogen-bond donors (Lipinski definition) is 2. The first-order chi connectivity index (χ1) is 19.9. The molecule has 8 nitrogen and oxygen atoms in total. The molecule has 9 heteroatoms. The fraction of sp³-hybridized carbons (Fsp3) is 0.344. The predicted molar refractivity (Wildman–Crippen MR) is 157 cm³/mol. The number of nitrogens with one attached hydrogen (secondary N) is 2. The summed E-state index contributed by atoms with van der Waals surface area (Å²) >= 11 is 6.16. The van der Waals surface area contributed by atoms with Gasteiger partial charge in [-0.25, -0.2) is 0 Å². The molecule has 41 heavy (non-hydrogen) atoms. The summed E-state index contributed by atoms with van der Waals surface area (Å²) in [7, 11) is 1.76. The highest BCUT2D eigenvalue weighted by atomic mass is 35.5. The number of aryl methyl sites for hydroxylation is 2. The molecule has 0 spiro atoms. The molecule has 3 aromatic rings. The van der Waals surface area contributed by atoms with Gasteiger partial charge in [-0.2, -0.15) is 0 Å². The van der Waals surface area contributed by atoms with Gasteiger partial charge in [0.1, 0.15) is 18.5 Å². The molecule has 0 bridgehead atoms. The van der Waals surface area contributed by atoms with E-state index in [1.54, 1.807) is 54.4 Å². The third-order valence-corrected chi connectivity index (χ3v) is 8.51. The van der Waals surface area contributed by atoms with Crippen LogP contribution in [0.3, 0.4) is 0 Å². The van der Waals surface area contributed by atoms with Gasteiger partial charge in [0.25, 0.3) is 11.8 Å². The second kappa shape index (κ2) is 11.5. The lowest BCUT2D eigenvalue weighted by atomic mass is 9.94. The molecule has 1 aliphatic carbocycles. The smallest absolute Gasteiger partial charge is 0.257 e. The van der Waals surface area contributed by atoms with E-state index < -0.39 is 0 Å². The number of rotatable bonds is 5. The lowest BCUT2D eigenvalue weighted by Gasteiger charge is -2.42. The zero-order chi connectivity index (χ0) is 28.5. The maximum Gasteiger partial charge on any atom is 0.257 e. The first-order valence-electron chi connectivity index (χ1n) is 14.0. The second-order valence-corrected chi connectivity index (χ2v) is 11.3. The van der Waals surface area contributed by atoms with Crippen LogP contribution in [0.25, 0.3) is 0 Å². The van der Waals surface area contributed by atoms with Crippen molar-refractivity contribution in [2.24, 2.45) is 0 Å². The third-order valence-electron chi connectivity index (χ3n) is 8.18. The predicted octanol–water partition coefficient (Wildman–Crippen LogP) is 5.49. The van der Waals surface area contributed by atoms with Crippen molar-refractivity contribution in [3.8, 4) is 5.75 Å². The highest BCUT2D eigenvalue weighted by Gasteiger charge is 2.39. The molecule has 1 saturated heterocycles. The lowest BCUT2D eigenvalue weighted by Crippen LogP contribution is -2.53. The molecular weight excluding hydrogens is 542 g/mol. The maximum atomic E-state index is 13.5. The number of nitrogens with zero attached hydrogens (tertiary/aromatic N) is 1. The summed E-state index contributed by atoms with van der Waals surface area (Å²) < 4.78 is 12.4. The minimum absolute atomic E-state index is 0.0840. The largest absolute Gasteiger partial charge is 0.490 e. The molecule has 3 atom stereocenters. The number of halogens is 1. The van der Waals surface area contributed by atoms with E-state index in [1.807, 2.05) is 6.07 Å². The summed E-state index contributed by atoms with van der Waals surface area (Å²) in [5.41, 5.74) is 4.67. The van der Waals surface area contributed by atoms with E-state index >= 15 is 0 Å². The number of likely N-dealkylation sites (N-methyl/N-ethyl adjacent to an activating group) is 1. The number of carbonyl (C=O) groups excluding carboxylic acids is 3. The van der Waals surface area contributed by atoms with E-state index in [2.05, 4.69) is 22.8 Å². The Bertz CT molecular complexity index is 1510. The molecule has 3 amide bonds. The average molecular weight is 574 g/mol. The van der Waals surface area contributed by atoms with E-state index in [1.165, 1.54) is 11.1 Å². The van der Waals surface area contributed by atoms with E-state index in [4.69, 9.17) is 21.1 Å². The van der Waals surface area contributed by atoms with Crippen LogP contribution in [0.15, 0.2) is 60.7 Å². The summed E-state index contributed by atoms with van der Waals surface area (Å²) in [6.45, 7) is 0.240. The quantitative estimate of drug-likeness (QED) is 0.421. The highest BCUT2D eigenvalue weighted by molar-refractivity contribution is 6.34. The van der Waals surface area contributed by atoms with Gasteiger partial charge < -0.3 is 25.0 Å². The molecule has 2 heterocycles. The molecule has 0 unspecified atom stereocenters. The van der Waals surface area contributed by atoms with Crippen molar-refractivity contribution in [1.82, 2.24) is 4.90 Å². The number of hydrogen-bond acceptors (Lipinski definition) is 5. The minimum atomic E-state index is -0.372. The van der Waals surface area contributed by atoms with Crippen molar-refractivity contribution >= 4 is 40.7 Å². The normalized spacial score (nSPS) is 21.5. The van der Waals surface area contributed by atoms with Gasteiger partial charge in [-0.3, -0.25) is 14.4 Å². The second-order valence-electron chi connectivity index (χ2n) is 10.9. The Morgan fingerprint density at radius 2 is 1.76 bits per heavy atom. The maximum absolute atomic E-state index is 13.5. The summed E-state index contributed by atoms with van der Waals surface area (Å²) in [4.78, 5) is 40.8. The molecule has 0 aromatic heterocycles.